The predicted molar refractivity (Wildman–Crippen MR) is 75.4 cm³/mol. The van der Waals surface area contributed by atoms with Crippen molar-refractivity contribution >= 4 is 29.1 Å². The normalized spacial score (nSPS) is 16.7. The number of carbonyl (C=O) groups is 2. The molecule has 1 aromatic rings. The molecular weight excluding hydrogens is 264 g/mol. The van der Waals surface area contributed by atoms with Gasteiger partial charge in [0, 0.05) is 12.2 Å². The highest BCUT2D eigenvalue weighted by Crippen LogP contribution is 2.27. The Bertz CT molecular complexity index is 502. The quantitative estimate of drug-likeness (QED) is 0.857. The number of fused-ring (bicyclic) bond motifs is 1. The van der Waals surface area contributed by atoms with Crippen molar-refractivity contribution in [1.29, 1.82) is 0 Å². The molecule has 1 aliphatic rings. The van der Waals surface area contributed by atoms with Gasteiger partial charge in [0.1, 0.15) is 11.4 Å². The third-order valence-corrected chi connectivity index (χ3v) is 3.44. The number of para-hydroxylation sites is 1. The summed E-state index contributed by atoms with van der Waals surface area (Å²) >= 11 is 5.68. The second kappa shape index (κ2) is 5.61. The van der Waals surface area contributed by atoms with Crippen LogP contribution in [0.1, 0.15) is 19.4 Å². The second-order valence-electron chi connectivity index (χ2n) is 4.71. The first-order valence-electron chi connectivity index (χ1n) is 6.34. The van der Waals surface area contributed by atoms with Crippen molar-refractivity contribution in [3.05, 3.63) is 29.8 Å². The Morgan fingerprint density at radius 3 is 2.68 bits per heavy atom. The third kappa shape index (κ3) is 2.89. The Hall–Kier alpha value is -1.55. The van der Waals surface area contributed by atoms with E-state index >= 15 is 0 Å². The van der Waals surface area contributed by atoms with Crippen LogP contribution in [0.3, 0.4) is 0 Å². The number of anilines is 1. The molecule has 0 bridgehead atoms. The highest BCUT2D eigenvalue weighted by Gasteiger charge is 2.28. The fraction of sp³-hybridized carbons (Fsp3) is 0.429. The number of hydrogen-bond donors (Lipinski definition) is 1. The van der Waals surface area contributed by atoms with E-state index in [1.807, 2.05) is 24.3 Å². The molecule has 2 rings (SSSR count). The Labute approximate surface area is 117 Å². The van der Waals surface area contributed by atoms with E-state index in [0.717, 1.165) is 12.1 Å². The molecule has 0 spiro atoms. The molecule has 0 saturated carbocycles. The van der Waals surface area contributed by atoms with Crippen LogP contribution in [0, 0.1) is 0 Å². The van der Waals surface area contributed by atoms with Crippen molar-refractivity contribution in [3.63, 3.8) is 0 Å². The van der Waals surface area contributed by atoms with E-state index in [9.17, 15) is 9.59 Å². The molecule has 5 heteroatoms. The van der Waals surface area contributed by atoms with Gasteiger partial charge >= 0.3 is 0 Å². The SMILES string of the molecule is CC(Cl)C(=O)NC(C)C(=O)N1CCc2ccccc21. The van der Waals surface area contributed by atoms with E-state index in [2.05, 4.69) is 5.32 Å². The number of halogens is 1. The van der Waals surface area contributed by atoms with Gasteiger partial charge in [0.05, 0.1) is 0 Å². The molecule has 1 heterocycles. The molecule has 1 aromatic carbocycles. The largest absolute Gasteiger partial charge is 0.343 e. The Morgan fingerprint density at radius 2 is 2.00 bits per heavy atom. The summed E-state index contributed by atoms with van der Waals surface area (Å²) in [5, 5.41) is 1.99. The van der Waals surface area contributed by atoms with Gasteiger partial charge in [-0.25, -0.2) is 0 Å². The van der Waals surface area contributed by atoms with Crippen molar-refractivity contribution in [2.24, 2.45) is 0 Å². The molecule has 1 aliphatic heterocycles. The van der Waals surface area contributed by atoms with Crippen LogP contribution in [-0.4, -0.2) is 29.8 Å². The number of hydrogen-bond acceptors (Lipinski definition) is 2. The summed E-state index contributed by atoms with van der Waals surface area (Å²) in [5.41, 5.74) is 2.10. The average molecular weight is 281 g/mol. The molecule has 4 nitrogen and oxygen atoms in total. The lowest BCUT2D eigenvalue weighted by Gasteiger charge is -2.22. The van der Waals surface area contributed by atoms with Gasteiger partial charge in [-0.15, -0.1) is 11.6 Å². The number of carbonyl (C=O) groups excluding carboxylic acids is 2. The number of rotatable bonds is 3. The monoisotopic (exact) mass is 280 g/mol. The fourth-order valence-corrected chi connectivity index (χ4v) is 2.25. The first kappa shape index (κ1) is 13.9. The number of amides is 2. The minimum Gasteiger partial charge on any atom is -0.343 e. The summed E-state index contributed by atoms with van der Waals surface area (Å²) < 4.78 is 0. The summed E-state index contributed by atoms with van der Waals surface area (Å²) in [6.45, 7) is 3.93. The maximum Gasteiger partial charge on any atom is 0.249 e. The van der Waals surface area contributed by atoms with Gasteiger partial charge < -0.3 is 10.2 Å². The molecule has 19 heavy (non-hydrogen) atoms. The zero-order valence-corrected chi connectivity index (χ0v) is 11.8. The molecule has 0 saturated heterocycles. The van der Waals surface area contributed by atoms with Gasteiger partial charge in [-0.05, 0) is 31.9 Å². The fourth-order valence-electron chi connectivity index (χ4n) is 2.19. The zero-order chi connectivity index (χ0) is 14.0. The van der Waals surface area contributed by atoms with Crippen molar-refractivity contribution in [1.82, 2.24) is 5.32 Å². The van der Waals surface area contributed by atoms with Crippen molar-refractivity contribution in [3.8, 4) is 0 Å². The summed E-state index contributed by atoms with van der Waals surface area (Å²) in [6.07, 6.45) is 0.856. The molecule has 0 fully saturated rings. The topological polar surface area (TPSA) is 49.4 Å². The van der Waals surface area contributed by atoms with E-state index < -0.39 is 11.4 Å². The maximum absolute atomic E-state index is 12.3. The van der Waals surface area contributed by atoms with E-state index in [-0.39, 0.29) is 11.8 Å². The summed E-state index contributed by atoms with van der Waals surface area (Å²) in [6, 6.07) is 7.26. The van der Waals surface area contributed by atoms with E-state index in [1.54, 1.807) is 18.7 Å². The molecule has 0 aromatic heterocycles. The van der Waals surface area contributed by atoms with Gasteiger partial charge in [0.25, 0.3) is 0 Å². The molecule has 2 atom stereocenters. The van der Waals surface area contributed by atoms with Crippen LogP contribution < -0.4 is 10.2 Å². The Morgan fingerprint density at radius 1 is 1.32 bits per heavy atom. The van der Waals surface area contributed by atoms with Crippen molar-refractivity contribution in [2.45, 2.75) is 31.7 Å². The first-order valence-corrected chi connectivity index (χ1v) is 6.78. The highest BCUT2D eigenvalue weighted by atomic mass is 35.5. The molecule has 1 N–H and O–H groups in total. The summed E-state index contributed by atoms with van der Waals surface area (Å²) in [4.78, 5) is 25.6. The van der Waals surface area contributed by atoms with Gasteiger partial charge in [-0.1, -0.05) is 18.2 Å². The first-order chi connectivity index (χ1) is 9.00. The lowest BCUT2D eigenvalue weighted by atomic mass is 10.2. The molecule has 2 amide bonds. The lowest BCUT2D eigenvalue weighted by Crippen LogP contribution is -2.48. The average Bonchev–Trinajstić information content (AvgIpc) is 2.81. The smallest absolute Gasteiger partial charge is 0.249 e. The Balaban J connectivity index is 2.07. The van der Waals surface area contributed by atoms with Crippen LogP contribution in [0.5, 0.6) is 0 Å². The number of benzene rings is 1. The van der Waals surface area contributed by atoms with Gasteiger partial charge in [-0.2, -0.15) is 0 Å². The van der Waals surface area contributed by atoms with Crippen LogP contribution in [0.25, 0.3) is 0 Å². The second-order valence-corrected chi connectivity index (χ2v) is 5.37. The van der Waals surface area contributed by atoms with Crippen molar-refractivity contribution in [2.75, 3.05) is 11.4 Å². The predicted octanol–water partition coefficient (Wildman–Crippen LogP) is 1.71. The third-order valence-electron chi connectivity index (χ3n) is 3.24. The standard InChI is InChI=1S/C14H17ClN2O2/c1-9(15)13(18)16-10(2)14(19)17-8-7-11-5-3-4-6-12(11)17/h3-6,9-10H,7-8H2,1-2H3,(H,16,18). The highest BCUT2D eigenvalue weighted by molar-refractivity contribution is 6.30. The number of alkyl halides is 1. The van der Waals surface area contributed by atoms with Crippen LogP contribution in [0.4, 0.5) is 5.69 Å². The summed E-state index contributed by atoms with van der Waals surface area (Å²) in [5.74, 6) is -0.425. The van der Waals surface area contributed by atoms with E-state index in [4.69, 9.17) is 11.6 Å². The zero-order valence-electron chi connectivity index (χ0n) is 11.0. The van der Waals surface area contributed by atoms with Crippen molar-refractivity contribution < 1.29 is 9.59 Å². The van der Waals surface area contributed by atoms with Crippen LogP contribution in [0.15, 0.2) is 24.3 Å². The lowest BCUT2D eigenvalue weighted by molar-refractivity contribution is -0.126. The minimum atomic E-state index is -0.638. The van der Waals surface area contributed by atoms with E-state index in [1.165, 1.54) is 5.56 Å². The van der Waals surface area contributed by atoms with Gasteiger partial charge in [0.2, 0.25) is 11.8 Å². The maximum atomic E-state index is 12.3. The van der Waals surface area contributed by atoms with E-state index in [0.29, 0.717) is 6.54 Å². The molecule has 102 valence electrons. The molecule has 2 unspecified atom stereocenters. The van der Waals surface area contributed by atoms with Gasteiger partial charge in [0.15, 0.2) is 0 Å². The van der Waals surface area contributed by atoms with Gasteiger partial charge in [-0.3, -0.25) is 9.59 Å². The molecular formula is C14H17ClN2O2. The van der Waals surface area contributed by atoms with Crippen LogP contribution in [-0.2, 0) is 16.0 Å². The minimum absolute atomic E-state index is 0.101. The Kier molecular flexibility index (Phi) is 4.10. The molecule has 0 aliphatic carbocycles. The summed E-state index contributed by atoms with van der Waals surface area (Å²) in [7, 11) is 0. The number of nitrogens with one attached hydrogen (secondary N) is 1. The van der Waals surface area contributed by atoms with Crippen LogP contribution >= 0.6 is 11.6 Å². The molecule has 0 radical (unpaired) electrons. The van der Waals surface area contributed by atoms with Crippen LogP contribution in [0.2, 0.25) is 0 Å². The number of nitrogens with zero attached hydrogens (tertiary/aromatic N) is 1.